The zero-order chi connectivity index (χ0) is 13.9. The molecule has 2 rings (SSSR count). The first-order chi connectivity index (χ1) is 9.02. The molecule has 0 bridgehead atoms. The highest BCUT2D eigenvalue weighted by Gasteiger charge is 2.34. The lowest BCUT2D eigenvalue weighted by atomic mass is 9.90. The molecule has 1 aromatic rings. The summed E-state index contributed by atoms with van der Waals surface area (Å²) in [6.07, 6.45) is 0.985. The predicted octanol–water partition coefficient (Wildman–Crippen LogP) is 2.10. The molecule has 3 N–H and O–H groups in total. The van der Waals surface area contributed by atoms with E-state index in [4.69, 9.17) is 5.73 Å². The molecule has 1 heterocycles. The minimum atomic E-state index is 0. The zero-order valence-corrected chi connectivity index (χ0v) is 13.2. The maximum absolute atomic E-state index is 12.1. The number of nitrogens with two attached hydrogens (primary N) is 1. The summed E-state index contributed by atoms with van der Waals surface area (Å²) in [5, 5.41) is 9.20. The van der Waals surface area contributed by atoms with E-state index < -0.39 is 0 Å². The largest absolute Gasteiger partial charge is 0.508 e. The fraction of sp³-hybridized carbons (Fsp3) is 0.500. The van der Waals surface area contributed by atoms with E-state index in [2.05, 4.69) is 6.92 Å². The van der Waals surface area contributed by atoms with Gasteiger partial charge in [0.05, 0.1) is 5.75 Å². The summed E-state index contributed by atoms with van der Waals surface area (Å²) in [5.41, 5.74) is 5.82. The van der Waals surface area contributed by atoms with E-state index >= 15 is 0 Å². The highest BCUT2D eigenvalue weighted by molar-refractivity contribution is 8.00. The smallest absolute Gasteiger partial charge is 0.232 e. The van der Waals surface area contributed by atoms with Gasteiger partial charge in [-0.1, -0.05) is 6.92 Å². The van der Waals surface area contributed by atoms with Gasteiger partial charge in [-0.05, 0) is 42.6 Å². The van der Waals surface area contributed by atoms with Crippen LogP contribution in [-0.4, -0.2) is 41.3 Å². The normalized spacial score (nSPS) is 21.6. The van der Waals surface area contributed by atoms with Crippen molar-refractivity contribution >= 4 is 30.1 Å². The van der Waals surface area contributed by atoms with Gasteiger partial charge in [0, 0.05) is 18.0 Å². The van der Waals surface area contributed by atoms with Crippen molar-refractivity contribution in [2.75, 3.05) is 25.4 Å². The minimum Gasteiger partial charge on any atom is -0.508 e. The van der Waals surface area contributed by atoms with Crippen molar-refractivity contribution < 1.29 is 9.90 Å². The summed E-state index contributed by atoms with van der Waals surface area (Å²) in [5.74, 6) is 0.843. The Morgan fingerprint density at radius 1 is 1.45 bits per heavy atom. The van der Waals surface area contributed by atoms with Gasteiger partial charge in [-0.25, -0.2) is 0 Å². The molecule has 1 unspecified atom stereocenters. The van der Waals surface area contributed by atoms with Crippen LogP contribution in [0, 0.1) is 5.41 Å². The summed E-state index contributed by atoms with van der Waals surface area (Å²) in [4.78, 5) is 15.0. The number of carbonyl (C=O) groups is 1. The summed E-state index contributed by atoms with van der Waals surface area (Å²) in [6.45, 7) is 4.33. The molecule has 1 aliphatic heterocycles. The first-order valence-corrected chi connectivity index (χ1v) is 7.41. The van der Waals surface area contributed by atoms with Crippen molar-refractivity contribution in [2.24, 2.45) is 11.1 Å². The Morgan fingerprint density at radius 2 is 2.10 bits per heavy atom. The number of nitrogens with zero attached hydrogens (tertiary/aromatic N) is 1. The molecule has 0 radical (unpaired) electrons. The lowest BCUT2D eigenvalue weighted by Crippen LogP contribution is -2.35. The average Bonchev–Trinajstić information content (AvgIpc) is 2.81. The van der Waals surface area contributed by atoms with E-state index in [0.717, 1.165) is 24.4 Å². The Bertz CT molecular complexity index is 455. The second-order valence-corrected chi connectivity index (χ2v) is 6.41. The van der Waals surface area contributed by atoms with Crippen LogP contribution in [0.15, 0.2) is 29.2 Å². The molecule has 0 saturated carbocycles. The Hall–Kier alpha value is -0.910. The number of phenolic OH excluding ortho intramolecular Hbond substituents is 1. The van der Waals surface area contributed by atoms with E-state index in [1.807, 2.05) is 17.0 Å². The Labute approximate surface area is 130 Å². The maximum Gasteiger partial charge on any atom is 0.232 e. The SMILES string of the molecule is CC1(CN)CCN(C(=O)CSc2ccc(O)cc2)C1.Cl. The number of thioether (sulfide) groups is 1. The van der Waals surface area contributed by atoms with Crippen molar-refractivity contribution in [3.8, 4) is 5.75 Å². The lowest BCUT2D eigenvalue weighted by Gasteiger charge is -2.22. The van der Waals surface area contributed by atoms with Crippen LogP contribution >= 0.6 is 24.2 Å². The number of halogens is 1. The molecule has 1 atom stereocenters. The van der Waals surface area contributed by atoms with Crippen LogP contribution < -0.4 is 5.73 Å². The molecular weight excluding hydrogens is 296 g/mol. The van der Waals surface area contributed by atoms with Crippen molar-refractivity contribution in [2.45, 2.75) is 18.2 Å². The molecule has 20 heavy (non-hydrogen) atoms. The van der Waals surface area contributed by atoms with E-state index in [9.17, 15) is 9.90 Å². The van der Waals surface area contributed by atoms with Crippen molar-refractivity contribution in [1.29, 1.82) is 0 Å². The average molecular weight is 317 g/mol. The van der Waals surface area contributed by atoms with Gasteiger partial charge in [-0.15, -0.1) is 24.2 Å². The van der Waals surface area contributed by atoms with E-state index in [1.54, 1.807) is 12.1 Å². The molecule has 1 aliphatic rings. The molecule has 1 fully saturated rings. The highest BCUT2D eigenvalue weighted by atomic mass is 35.5. The number of carbonyl (C=O) groups excluding carboxylic acids is 1. The number of aromatic hydroxyl groups is 1. The third kappa shape index (κ3) is 4.30. The number of likely N-dealkylation sites (tertiary alicyclic amines) is 1. The van der Waals surface area contributed by atoms with Crippen LogP contribution in [0.4, 0.5) is 0 Å². The van der Waals surface area contributed by atoms with Gasteiger partial charge < -0.3 is 15.7 Å². The monoisotopic (exact) mass is 316 g/mol. The molecule has 1 amide bonds. The van der Waals surface area contributed by atoms with Crippen molar-refractivity contribution in [1.82, 2.24) is 4.90 Å². The molecule has 4 nitrogen and oxygen atoms in total. The van der Waals surface area contributed by atoms with Crippen LogP contribution in [0.1, 0.15) is 13.3 Å². The topological polar surface area (TPSA) is 66.6 Å². The van der Waals surface area contributed by atoms with E-state index in [1.165, 1.54) is 11.8 Å². The van der Waals surface area contributed by atoms with Crippen LogP contribution in [0.3, 0.4) is 0 Å². The number of hydrogen-bond acceptors (Lipinski definition) is 4. The van der Waals surface area contributed by atoms with Gasteiger partial charge >= 0.3 is 0 Å². The van der Waals surface area contributed by atoms with Gasteiger partial charge in [-0.2, -0.15) is 0 Å². The quantitative estimate of drug-likeness (QED) is 0.835. The first-order valence-electron chi connectivity index (χ1n) is 6.42. The summed E-state index contributed by atoms with van der Waals surface area (Å²) in [7, 11) is 0. The lowest BCUT2D eigenvalue weighted by molar-refractivity contribution is -0.127. The van der Waals surface area contributed by atoms with Crippen LogP contribution in [-0.2, 0) is 4.79 Å². The number of phenols is 1. The number of benzene rings is 1. The van der Waals surface area contributed by atoms with Gasteiger partial charge in [0.25, 0.3) is 0 Å². The second-order valence-electron chi connectivity index (χ2n) is 5.36. The summed E-state index contributed by atoms with van der Waals surface area (Å²) >= 11 is 1.50. The van der Waals surface area contributed by atoms with Crippen LogP contribution in [0.2, 0.25) is 0 Å². The predicted molar refractivity (Wildman–Crippen MR) is 84.4 cm³/mol. The standard InChI is InChI=1S/C14H20N2O2S.ClH/c1-14(9-15)6-7-16(10-14)13(18)8-19-12-4-2-11(17)3-5-12;/h2-5,17H,6-10,15H2,1H3;1H. The minimum absolute atomic E-state index is 0. The number of rotatable bonds is 4. The maximum atomic E-state index is 12.1. The third-order valence-corrected chi connectivity index (χ3v) is 4.60. The Balaban J connectivity index is 0.00000200. The van der Waals surface area contributed by atoms with Crippen molar-refractivity contribution in [3.05, 3.63) is 24.3 Å². The fourth-order valence-electron chi connectivity index (χ4n) is 2.18. The van der Waals surface area contributed by atoms with Gasteiger partial charge in [0.15, 0.2) is 0 Å². The number of amides is 1. The third-order valence-electron chi connectivity index (χ3n) is 3.60. The van der Waals surface area contributed by atoms with Gasteiger partial charge in [0.2, 0.25) is 5.91 Å². The fourth-order valence-corrected chi connectivity index (χ4v) is 2.98. The molecule has 1 aromatic carbocycles. The second kappa shape index (κ2) is 7.20. The molecule has 112 valence electrons. The molecule has 0 spiro atoms. The van der Waals surface area contributed by atoms with Crippen LogP contribution in [0.5, 0.6) is 5.75 Å². The Kier molecular flexibility index (Phi) is 6.17. The zero-order valence-electron chi connectivity index (χ0n) is 11.5. The molecular formula is C14H21ClN2O2S. The molecule has 0 aliphatic carbocycles. The van der Waals surface area contributed by atoms with E-state index in [-0.39, 0.29) is 29.5 Å². The summed E-state index contributed by atoms with van der Waals surface area (Å²) < 4.78 is 0. The van der Waals surface area contributed by atoms with Crippen LogP contribution in [0.25, 0.3) is 0 Å². The highest BCUT2D eigenvalue weighted by Crippen LogP contribution is 2.29. The first kappa shape index (κ1) is 17.1. The molecule has 6 heteroatoms. The number of hydrogen-bond donors (Lipinski definition) is 2. The molecule has 1 saturated heterocycles. The van der Waals surface area contributed by atoms with Gasteiger partial charge in [0.1, 0.15) is 5.75 Å². The van der Waals surface area contributed by atoms with Crippen molar-refractivity contribution in [3.63, 3.8) is 0 Å². The summed E-state index contributed by atoms with van der Waals surface area (Å²) in [6, 6.07) is 6.91. The molecule has 0 aromatic heterocycles. The van der Waals surface area contributed by atoms with Gasteiger partial charge in [-0.3, -0.25) is 4.79 Å². The Morgan fingerprint density at radius 3 is 2.65 bits per heavy atom. The van der Waals surface area contributed by atoms with E-state index in [0.29, 0.717) is 12.3 Å².